The lowest BCUT2D eigenvalue weighted by Gasteiger charge is -1.98. The Kier molecular flexibility index (Phi) is 2.48. The zero-order valence-electron chi connectivity index (χ0n) is 10.9. The average Bonchev–Trinajstić information content (AvgIpc) is 3.06. The number of thiophene rings is 2. The molecule has 21 heavy (non-hydrogen) atoms. The summed E-state index contributed by atoms with van der Waals surface area (Å²) in [7, 11) is 0. The fourth-order valence-corrected chi connectivity index (χ4v) is 6.12. The molecular weight excluding hydrogens is 360 g/mol. The minimum absolute atomic E-state index is 1.20. The van der Waals surface area contributed by atoms with Crippen LogP contribution in [0.25, 0.3) is 40.3 Å². The monoisotopic (exact) mass is 368 g/mol. The van der Waals surface area contributed by atoms with Crippen LogP contribution in [-0.4, -0.2) is 0 Å². The highest BCUT2D eigenvalue weighted by molar-refractivity contribution is 9.10. The smallest absolute Gasteiger partial charge is 0.0512 e. The fourth-order valence-electron chi connectivity index (χ4n) is 3.03. The maximum atomic E-state index is 3.78. The third-order valence-electron chi connectivity index (χ3n) is 3.94. The number of halogens is 1. The Morgan fingerprint density at radius 2 is 1.29 bits per heavy atom. The van der Waals surface area contributed by atoms with Crippen LogP contribution >= 0.6 is 38.6 Å². The molecule has 0 nitrogen and oxygen atoms in total. The molecule has 2 heterocycles. The lowest BCUT2D eigenvalue weighted by molar-refractivity contribution is 1.85. The number of benzene rings is 3. The molecule has 0 saturated heterocycles. The first kappa shape index (κ1) is 12.2. The number of hydrogen-bond donors (Lipinski definition) is 0. The molecule has 0 amide bonds. The summed E-state index contributed by atoms with van der Waals surface area (Å²) in [6.07, 6.45) is 0. The van der Waals surface area contributed by atoms with E-state index in [1.807, 2.05) is 22.7 Å². The van der Waals surface area contributed by atoms with Crippen LogP contribution < -0.4 is 0 Å². The van der Waals surface area contributed by atoms with E-state index in [2.05, 4.69) is 70.5 Å². The summed E-state index contributed by atoms with van der Waals surface area (Å²) in [5.74, 6) is 0. The molecular formula is C18H9BrS2. The molecule has 0 atom stereocenters. The first-order valence-electron chi connectivity index (χ1n) is 6.74. The molecule has 0 aliphatic rings. The third-order valence-corrected chi connectivity index (χ3v) is 7.24. The van der Waals surface area contributed by atoms with E-state index in [-0.39, 0.29) is 0 Å². The van der Waals surface area contributed by atoms with E-state index < -0.39 is 0 Å². The lowest BCUT2D eigenvalue weighted by Crippen LogP contribution is -1.71. The molecule has 2 aromatic heterocycles. The topological polar surface area (TPSA) is 0 Å². The Bertz CT molecular complexity index is 1150. The molecule has 3 aromatic carbocycles. The van der Waals surface area contributed by atoms with Crippen LogP contribution in [0.3, 0.4) is 0 Å². The van der Waals surface area contributed by atoms with Crippen molar-refractivity contribution < 1.29 is 0 Å². The van der Waals surface area contributed by atoms with Crippen molar-refractivity contribution >= 4 is 78.9 Å². The van der Waals surface area contributed by atoms with Gasteiger partial charge in [-0.2, -0.15) is 0 Å². The van der Waals surface area contributed by atoms with Crippen LogP contribution in [0, 0.1) is 0 Å². The van der Waals surface area contributed by atoms with Crippen molar-refractivity contribution in [2.75, 3.05) is 0 Å². The van der Waals surface area contributed by atoms with Gasteiger partial charge in [0.1, 0.15) is 0 Å². The largest absolute Gasteiger partial charge is 0.134 e. The Morgan fingerprint density at radius 3 is 2.10 bits per heavy atom. The molecule has 0 spiro atoms. The van der Waals surface area contributed by atoms with Gasteiger partial charge in [-0.05, 0) is 34.1 Å². The molecule has 0 fully saturated rings. The van der Waals surface area contributed by atoms with Gasteiger partial charge in [0, 0.05) is 40.1 Å². The van der Waals surface area contributed by atoms with Gasteiger partial charge in [0.05, 0.1) is 4.70 Å². The van der Waals surface area contributed by atoms with Crippen molar-refractivity contribution in [2.24, 2.45) is 0 Å². The van der Waals surface area contributed by atoms with E-state index in [1.165, 1.54) is 44.8 Å². The first-order valence-corrected chi connectivity index (χ1v) is 9.16. The van der Waals surface area contributed by atoms with Gasteiger partial charge in [-0.15, -0.1) is 22.7 Å². The van der Waals surface area contributed by atoms with Crippen LogP contribution in [0.4, 0.5) is 0 Å². The minimum atomic E-state index is 1.20. The fraction of sp³-hybridized carbons (Fsp3) is 0. The second-order valence-corrected chi connectivity index (χ2v) is 8.09. The zero-order valence-corrected chi connectivity index (χ0v) is 14.1. The molecule has 0 unspecified atom stereocenters. The average molecular weight is 369 g/mol. The summed E-state index contributed by atoms with van der Waals surface area (Å²) in [6.45, 7) is 0. The van der Waals surface area contributed by atoms with E-state index >= 15 is 0 Å². The quantitative estimate of drug-likeness (QED) is 0.271. The lowest BCUT2D eigenvalue weighted by atomic mass is 10.1. The minimum Gasteiger partial charge on any atom is -0.134 e. The van der Waals surface area contributed by atoms with E-state index in [0.717, 1.165) is 0 Å². The van der Waals surface area contributed by atoms with Gasteiger partial charge >= 0.3 is 0 Å². The van der Waals surface area contributed by atoms with Gasteiger partial charge in [0.15, 0.2) is 0 Å². The molecule has 5 rings (SSSR count). The molecule has 100 valence electrons. The van der Waals surface area contributed by atoms with Crippen molar-refractivity contribution in [2.45, 2.75) is 0 Å². The zero-order chi connectivity index (χ0) is 14.0. The van der Waals surface area contributed by atoms with Crippen molar-refractivity contribution in [1.29, 1.82) is 0 Å². The highest BCUT2D eigenvalue weighted by Crippen LogP contribution is 2.47. The van der Waals surface area contributed by atoms with Crippen molar-refractivity contribution in [3.63, 3.8) is 0 Å². The van der Waals surface area contributed by atoms with Crippen LogP contribution in [0.5, 0.6) is 0 Å². The first-order chi connectivity index (χ1) is 10.3. The predicted molar refractivity (Wildman–Crippen MR) is 99.9 cm³/mol. The van der Waals surface area contributed by atoms with Gasteiger partial charge < -0.3 is 0 Å². The number of rotatable bonds is 0. The molecule has 0 aliphatic heterocycles. The van der Waals surface area contributed by atoms with Crippen molar-refractivity contribution in [3.8, 4) is 0 Å². The Hall–Kier alpha value is -1.42. The van der Waals surface area contributed by atoms with Gasteiger partial charge in [-0.25, -0.2) is 0 Å². The van der Waals surface area contributed by atoms with Crippen LogP contribution in [-0.2, 0) is 0 Å². The number of hydrogen-bond acceptors (Lipinski definition) is 2. The van der Waals surface area contributed by atoms with Gasteiger partial charge in [0.25, 0.3) is 0 Å². The molecule has 0 N–H and O–H groups in total. The Labute approximate surface area is 137 Å². The molecule has 0 saturated carbocycles. The molecule has 0 aliphatic carbocycles. The normalized spacial score (nSPS) is 12.0. The molecule has 0 bridgehead atoms. The maximum Gasteiger partial charge on any atom is 0.0512 e. The summed E-state index contributed by atoms with van der Waals surface area (Å²) < 4.78 is 6.69. The summed E-state index contributed by atoms with van der Waals surface area (Å²) in [6, 6.07) is 19.7. The summed E-state index contributed by atoms with van der Waals surface area (Å²) in [4.78, 5) is 0. The van der Waals surface area contributed by atoms with E-state index in [9.17, 15) is 0 Å². The predicted octanol–water partition coefficient (Wildman–Crippen LogP) is 7.18. The molecule has 3 heteroatoms. The van der Waals surface area contributed by atoms with Crippen LogP contribution in [0.1, 0.15) is 0 Å². The second kappa shape index (κ2) is 4.29. The van der Waals surface area contributed by atoms with Crippen molar-refractivity contribution in [3.05, 3.63) is 59.1 Å². The van der Waals surface area contributed by atoms with E-state index in [4.69, 9.17) is 0 Å². The van der Waals surface area contributed by atoms with Crippen molar-refractivity contribution in [1.82, 2.24) is 0 Å². The highest BCUT2D eigenvalue weighted by Gasteiger charge is 2.15. The van der Waals surface area contributed by atoms with Gasteiger partial charge in [-0.3, -0.25) is 0 Å². The summed E-state index contributed by atoms with van der Waals surface area (Å²) in [5, 5.41) is 5.49. The van der Waals surface area contributed by atoms with Crippen LogP contribution in [0.2, 0.25) is 0 Å². The number of fused-ring (bicyclic) bond motifs is 7. The van der Waals surface area contributed by atoms with Gasteiger partial charge in [-0.1, -0.05) is 36.4 Å². The maximum absolute atomic E-state index is 3.78. The van der Waals surface area contributed by atoms with Gasteiger partial charge in [0.2, 0.25) is 0 Å². The summed E-state index contributed by atoms with van der Waals surface area (Å²) in [5.41, 5.74) is 0. The second-order valence-electron chi connectivity index (χ2n) is 5.14. The third kappa shape index (κ3) is 1.60. The molecule has 5 aromatic rings. The van der Waals surface area contributed by atoms with E-state index in [1.54, 1.807) is 0 Å². The highest BCUT2D eigenvalue weighted by atomic mass is 79.9. The Balaban J connectivity index is 2.17. The van der Waals surface area contributed by atoms with E-state index in [0.29, 0.717) is 0 Å². The Morgan fingerprint density at radius 1 is 0.667 bits per heavy atom. The SMILES string of the molecule is Brc1cc2c3ccccc3sc2c2c1sc1ccccc12. The summed E-state index contributed by atoms with van der Waals surface area (Å²) >= 11 is 7.56. The standard InChI is InChI=1S/C18H9BrS2/c19-13-9-12-10-5-1-3-7-14(10)20-17(12)16-11-6-2-4-8-15(11)21-18(13)16/h1-9H. The molecule has 0 radical (unpaired) electrons. The van der Waals surface area contributed by atoms with Crippen LogP contribution in [0.15, 0.2) is 59.1 Å².